The number of para-hydroxylation sites is 1. The van der Waals surface area contributed by atoms with Gasteiger partial charge >= 0.3 is 0 Å². The van der Waals surface area contributed by atoms with Crippen molar-refractivity contribution in [3.63, 3.8) is 0 Å². The second-order valence-corrected chi connectivity index (χ2v) is 6.23. The Labute approximate surface area is 150 Å². The van der Waals surface area contributed by atoms with Crippen LogP contribution < -0.4 is 10.9 Å². The van der Waals surface area contributed by atoms with E-state index in [-0.39, 0.29) is 30.5 Å². The zero-order chi connectivity index (χ0) is 17.8. The number of benzene rings is 2. The highest BCUT2D eigenvalue weighted by Gasteiger charge is 2.12. The zero-order valence-electron chi connectivity index (χ0n) is 13.8. The predicted molar refractivity (Wildman–Crippen MR) is 98.6 cm³/mol. The molecular formula is C19H18ClN3O2. The molecule has 0 aliphatic rings. The van der Waals surface area contributed by atoms with Crippen LogP contribution in [0.15, 0.2) is 59.7 Å². The molecule has 0 unspecified atom stereocenters. The monoisotopic (exact) mass is 355 g/mol. The number of hydrogen-bond donors (Lipinski definition) is 1. The van der Waals surface area contributed by atoms with E-state index in [1.165, 1.54) is 10.9 Å². The molecule has 3 aromatic rings. The Morgan fingerprint density at radius 1 is 1.20 bits per heavy atom. The number of halogens is 1. The van der Waals surface area contributed by atoms with Crippen LogP contribution in [0.2, 0.25) is 5.02 Å². The number of rotatable bonds is 5. The second-order valence-electron chi connectivity index (χ2n) is 5.82. The second kappa shape index (κ2) is 7.49. The van der Waals surface area contributed by atoms with E-state index in [0.717, 1.165) is 5.56 Å². The Hall–Kier alpha value is -2.66. The van der Waals surface area contributed by atoms with Crippen LogP contribution >= 0.6 is 11.6 Å². The summed E-state index contributed by atoms with van der Waals surface area (Å²) in [6.07, 6.45) is 1.67. The highest BCUT2D eigenvalue weighted by molar-refractivity contribution is 6.31. The van der Waals surface area contributed by atoms with Crippen molar-refractivity contribution in [2.45, 2.75) is 25.9 Å². The fourth-order valence-corrected chi connectivity index (χ4v) is 3.00. The zero-order valence-corrected chi connectivity index (χ0v) is 14.5. The molecule has 1 amide bonds. The van der Waals surface area contributed by atoms with Crippen LogP contribution in [0.1, 0.15) is 24.9 Å². The maximum atomic E-state index is 12.4. The first kappa shape index (κ1) is 17.2. The summed E-state index contributed by atoms with van der Waals surface area (Å²) < 4.78 is 1.46. The average Bonchev–Trinajstić information content (AvgIpc) is 2.61. The summed E-state index contributed by atoms with van der Waals surface area (Å²) >= 11 is 6.15. The smallest absolute Gasteiger partial charge is 0.261 e. The van der Waals surface area contributed by atoms with Crippen molar-refractivity contribution in [3.05, 3.63) is 75.8 Å². The van der Waals surface area contributed by atoms with Gasteiger partial charge in [0.1, 0.15) is 0 Å². The standard InChI is InChI=1S/C19H18ClN3O2/c1-13(14-6-2-4-8-16(14)20)22-18(24)10-11-23-12-21-17-9-5-3-7-15(17)19(23)25/h2-9,12-13H,10-11H2,1H3,(H,22,24)/t13-/m1/s1. The SMILES string of the molecule is C[C@@H](NC(=O)CCn1cnc2ccccc2c1=O)c1ccccc1Cl. The highest BCUT2D eigenvalue weighted by Crippen LogP contribution is 2.22. The van der Waals surface area contributed by atoms with Crippen molar-refractivity contribution < 1.29 is 4.79 Å². The largest absolute Gasteiger partial charge is 0.349 e. The van der Waals surface area contributed by atoms with Crippen molar-refractivity contribution in [1.82, 2.24) is 14.9 Å². The number of hydrogen-bond acceptors (Lipinski definition) is 3. The molecule has 25 heavy (non-hydrogen) atoms. The van der Waals surface area contributed by atoms with E-state index in [2.05, 4.69) is 10.3 Å². The van der Waals surface area contributed by atoms with Gasteiger partial charge < -0.3 is 5.32 Å². The van der Waals surface area contributed by atoms with Gasteiger partial charge in [-0.05, 0) is 30.7 Å². The molecule has 0 spiro atoms. The van der Waals surface area contributed by atoms with Gasteiger partial charge in [-0.15, -0.1) is 0 Å². The molecule has 0 bridgehead atoms. The topological polar surface area (TPSA) is 64.0 Å². The third-order valence-corrected chi connectivity index (χ3v) is 4.40. The van der Waals surface area contributed by atoms with E-state index >= 15 is 0 Å². The lowest BCUT2D eigenvalue weighted by molar-refractivity contribution is -0.121. The fourth-order valence-electron chi connectivity index (χ4n) is 2.71. The Balaban J connectivity index is 1.66. The number of amides is 1. The number of aryl methyl sites for hydroxylation is 1. The van der Waals surface area contributed by atoms with Crippen LogP contribution in [0, 0.1) is 0 Å². The molecule has 0 aliphatic carbocycles. The average molecular weight is 356 g/mol. The molecule has 1 atom stereocenters. The maximum Gasteiger partial charge on any atom is 0.261 e. The van der Waals surface area contributed by atoms with Crippen molar-refractivity contribution in [2.24, 2.45) is 0 Å². The van der Waals surface area contributed by atoms with Crippen LogP contribution in [0.25, 0.3) is 10.9 Å². The minimum Gasteiger partial charge on any atom is -0.349 e. The Morgan fingerprint density at radius 2 is 1.92 bits per heavy atom. The molecule has 1 N–H and O–H groups in total. The van der Waals surface area contributed by atoms with Crippen molar-refractivity contribution in [3.8, 4) is 0 Å². The predicted octanol–water partition coefficient (Wildman–Crippen LogP) is 3.32. The maximum absolute atomic E-state index is 12.4. The molecule has 2 aromatic carbocycles. The highest BCUT2D eigenvalue weighted by atomic mass is 35.5. The summed E-state index contributed by atoms with van der Waals surface area (Å²) in [4.78, 5) is 28.9. The first-order valence-electron chi connectivity index (χ1n) is 8.04. The van der Waals surface area contributed by atoms with Gasteiger partial charge in [-0.25, -0.2) is 4.98 Å². The molecule has 1 aromatic heterocycles. The molecule has 0 radical (unpaired) electrons. The number of carbonyl (C=O) groups is 1. The van der Waals surface area contributed by atoms with Crippen LogP contribution in [0.3, 0.4) is 0 Å². The minimum atomic E-state index is -0.201. The molecule has 0 saturated heterocycles. The Morgan fingerprint density at radius 3 is 2.72 bits per heavy atom. The van der Waals surface area contributed by atoms with Crippen molar-refractivity contribution >= 4 is 28.4 Å². The Bertz CT molecular complexity index is 968. The molecule has 5 nitrogen and oxygen atoms in total. The number of carbonyl (C=O) groups excluding carboxylic acids is 1. The molecule has 0 fully saturated rings. The molecule has 0 saturated carbocycles. The van der Waals surface area contributed by atoms with Gasteiger partial charge in [-0.2, -0.15) is 0 Å². The van der Waals surface area contributed by atoms with Gasteiger partial charge in [0, 0.05) is 18.0 Å². The third kappa shape index (κ3) is 3.88. The molecule has 3 rings (SSSR count). The number of fused-ring (bicyclic) bond motifs is 1. The van der Waals surface area contributed by atoms with Crippen LogP contribution in [0.4, 0.5) is 0 Å². The van der Waals surface area contributed by atoms with Crippen LogP contribution in [-0.2, 0) is 11.3 Å². The van der Waals surface area contributed by atoms with Gasteiger partial charge in [0.2, 0.25) is 5.91 Å². The third-order valence-electron chi connectivity index (χ3n) is 4.06. The molecule has 6 heteroatoms. The van der Waals surface area contributed by atoms with E-state index in [0.29, 0.717) is 15.9 Å². The quantitative estimate of drug-likeness (QED) is 0.763. The first-order chi connectivity index (χ1) is 12.1. The van der Waals surface area contributed by atoms with Crippen LogP contribution in [0.5, 0.6) is 0 Å². The molecule has 128 valence electrons. The van der Waals surface area contributed by atoms with E-state index in [1.807, 2.05) is 31.2 Å². The van der Waals surface area contributed by atoms with Crippen LogP contribution in [-0.4, -0.2) is 15.5 Å². The van der Waals surface area contributed by atoms with E-state index in [1.54, 1.807) is 24.3 Å². The summed E-state index contributed by atoms with van der Waals surface area (Å²) in [5, 5.41) is 4.07. The Kier molecular flexibility index (Phi) is 5.14. The molecular weight excluding hydrogens is 338 g/mol. The lowest BCUT2D eigenvalue weighted by Crippen LogP contribution is -2.29. The normalized spacial score (nSPS) is 12.1. The lowest BCUT2D eigenvalue weighted by atomic mass is 10.1. The summed E-state index contributed by atoms with van der Waals surface area (Å²) in [6.45, 7) is 2.15. The number of nitrogens with one attached hydrogen (secondary N) is 1. The summed E-state index contributed by atoms with van der Waals surface area (Å²) in [5.41, 5.74) is 1.38. The van der Waals surface area contributed by atoms with E-state index < -0.39 is 0 Å². The van der Waals surface area contributed by atoms with Crippen molar-refractivity contribution in [1.29, 1.82) is 0 Å². The van der Waals surface area contributed by atoms with Crippen molar-refractivity contribution in [2.75, 3.05) is 0 Å². The number of aromatic nitrogens is 2. The molecule has 0 aliphatic heterocycles. The first-order valence-corrected chi connectivity index (χ1v) is 8.42. The summed E-state index contributed by atoms with van der Waals surface area (Å²) in [7, 11) is 0. The van der Waals surface area contributed by atoms with E-state index in [9.17, 15) is 9.59 Å². The lowest BCUT2D eigenvalue weighted by Gasteiger charge is -2.16. The van der Waals surface area contributed by atoms with Gasteiger partial charge in [0.15, 0.2) is 0 Å². The van der Waals surface area contributed by atoms with E-state index in [4.69, 9.17) is 11.6 Å². The van der Waals surface area contributed by atoms with Gasteiger partial charge in [0.05, 0.1) is 23.3 Å². The van der Waals surface area contributed by atoms with Gasteiger partial charge in [-0.1, -0.05) is 41.9 Å². The number of nitrogens with zero attached hydrogens (tertiary/aromatic N) is 2. The fraction of sp³-hybridized carbons (Fsp3) is 0.211. The minimum absolute atomic E-state index is 0.141. The van der Waals surface area contributed by atoms with Gasteiger partial charge in [0.25, 0.3) is 5.56 Å². The molecule has 1 heterocycles. The summed E-state index contributed by atoms with van der Waals surface area (Å²) in [6, 6.07) is 14.4. The summed E-state index contributed by atoms with van der Waals surface area (Å²) in [5.74, 6) is -0.146. The van der Waals surface area contributed by atoms with Gasteiger partial charge in [-0.3, -0.25) is 14.2 Å².